The Balaban J connectivity index is 1.70. The van der Waals surface area contributed by atoms with Crippen molar-refractivity contribution in [2.45, 2.75) is 0 Å². The van der Waals surface area contributed by atoms with E-state index in [2.05, 4.69) is 10.6 Å². The molecule has 6 heteroatoms. The Bertz CT molecular complexity index is 874. The molecular formula is C20H16N2O4. The van der Waals surface area contributed by atoms with Gasteiger partial charge in [0.15, 0.2) is 0 Å². The minimum atomic E-state index is -0.404. The van der Waals surface area contributed by atoms with E-state index in [-0.39, 0.29) is 11.5 Å². The zero-order valence-electron chi connectivity index (χ0n) is 13.6. The summed E-state index contributed by atoms with van der Waals surface area (Å²) in [4.78, 5) is 24.5. The largest absolute Gasteiger partial charge is 0.506 e. The Morgan fingerprint density at radius 2 is 0.923 bits per heavy atom. The number of phenols is 2. The second kappa shape index (κ2) is 7.40. The molecular weight excluding hydrogens is 332 g/mol. The molecule has 0 radical (unpaired) electrons. The smallest absolute Gasteiger partial charge is 0.255 e. The number of aromatic hydroxyl groups is 2. The maximum atomic E-state index is 12.2. The van der Waals surface area contributed by atoms with Crippen molar-refractivity contribution in [1.82, 2.24) is 0 Å². The van der Waals surface area contributed by atoms with Crippen molar-refractivity contribution >= 4 is 23.2 Å². The molecule has 0 saturated heterocycles. The van der Waals surface area contributed by atoms with E-state index in [1.54, 1.807) is 36.4 Å². The predicted molar refractivity (Wildman–Crippen MR) is 98.6 cm³/mol. The van der Waals surface area contributed by atoms with Crippen LogP contribution in [-0.2, 0) is 0 Å². The molecule has 4 N–H and O–H groups in total. The first-order valence-corrected chi connectivity index (χ1v) is 7.83. The summed E-state index contributed by atoms with van der Waals surface area (Å²) in [5.74, 6) is -0.864. The van der Waals surface area contributed by atoms with Gasteiger partial charge < -0.3 is 20.8 Å². The summed E-state index contributed by atoms with van der Waals surface area (Å²) in [6, 6.07) is 18.9. The van der Waals surface area contributed by atoms with E-state index in [9.17, 15) is 19.8 Å². The van der Waals surface area contributed by atoms with Gasteiger partial charge in [0.25, 0.3) is 11.8 Å². The lowest BCUT2D eigenvalue weighted by atomic mass is 10.1. The molecule has 0 aliphatic rings. The van der Waals surface area contributed by atoms with Crippen molar-refractivity contribution in [3.05, 3.63) is 83.9 Å². The van der Waals surface area contributed by atoms with Gasteiger partial charge in [-0.05, 0) is 48.5 Å². The van der Waals surface area contributed by atoms with Crippen LogP contribution in [0.25, 0.3) is 0 Å². The fraction of sp³-hybridized carbons (Fsp3) is 0. The minimum absolute atomic E-state index is 0.0282. The molecule has 6 nitrogen and oxygen atoms in total. The molecule has 0 aliphatic carbocycles. The average molecular weight is 348 g/mol. The molecule has 0 atom stereocenters. The third-order valence-corrected chi connectivity index (χ3v) is 3.71. The van der Waals surface area contributed by atoms with Crippen LogP contribution < -0.4 is 10.6 Å². The van der Waals surface area contributed by atoms with Gasteiger partial charge in [-0.25, -0.2) is 0 Å². The normalized spacial score (nSPS) is 10.2. The highest BCUT2D eigenvalue weighted by molar-refractivity contribution is 6.07. The molecule has 2 amide bonds. The maximum Gasteiger partial charge on any atom is 0.255 e. The summed E-state index contributed by atoms with van der Waals surface area (Å²) >= 11 is 0. The minimum Gasteiger partial charge on any atom is -0.506 e. The van der Waals surface area contributed by atoms with E-state index < -0.39 is 11.8 Å². The van der Waals surface area contributed by atoms with Crippen LogP contribution in [0, 0.1) is 0 Å². The van der Waals surface area contributed by atoms with E-state index in [1.165, 1.54) is 36.4 Å². The Hall–Kier alpha value is -3.80. The van der Waals surface area contributed by atoms with Crippen LogP contribution in [0.4, 0.5) is 11.4 Å². The van der Waals surface area contributed by atoms with E-state index >= 15 is 0 Å². The molecule has 3 aromatic carbocycles. The van der Waals surface area contributed by atoms with Gasteiger partial charge >= 0.3 is 0 Å². The first kappa shape index (κ1) is 17.0. The van der Waals surface area contributed by atoms with Crippen molar-refractivity contribution in [2.24, 2.45) is 0 Å². The van der Waals surface area contributed by atoms with E-state index in [4.69, 9.17) is 0 Å². The zero-order valence-corrected chi connectivity index (χ0v) is 13.6. The second-order valence-electron chi connectivity index (χ2n) is 5.52. The highest BCUT2D eigenvalue weighted by Gasteiger charge is 2.12. The molecule has 0 saturated carbocycles. The van der Waals surface area contributed by atoms with Gasteiger partial charge in [0.05, 0.1) is 11.4 Å². The standard InChI is InChI=1S/C20H16N2O4/c23-17-7-3-1-5-15(17)21-19(25)13-9-11-14(12-10-13)20(26)22-16-6-2-4-8-18(16)24/h1-12,23-24H,(H,21,25)(H,22,26). The summed E-state index contributed by atoms with van der Waals surface area (Å²) in [5.41, 5.74) is 1.29. The molecule has 3 aromatic rings. The molecule has 0 spiro atoms. The highest BCUT2D eigenvalue weighted by Crippen LogP contribution is 2.23. The van der Waals surface area contributed by atoms with Crippen molar-refractivity contribution < 1.29 is 19.8 Å². The molecule has 0 unspecified atom stereocenters. The maximum absolute atomic E-state index is 12.2. The number of hydrogen-bond donors (Lipinski definition) is 4. The van der Waals surface area contributed by atoms with E-state index in [0.717, 1.165) is 0 Å². The summed E-state index contributed by atoms with van der Waals surface area (Å²) in [6.07, 6.45) is 0. The summed E-state index contributed by atoms with van der Waals surface area (Å²) in [6.45, 7) is 0. The quantitative estimate of drug-likeness (QED) is 0.541. The van der Waals surface area contributed by atoms with Crippen LogP contribution >= 0.6 is 0 Å². The number of carbonyl (C=O) groups excluding carboxylic acids is 2. The summed E-state index contributed by atoms with van der Waals surface area (Å²) in [7, 11) is 0. The lowest BCUT2D eigenvalue weighted by Gasteiger charge is -2.09. The second-order valence-corrected chi connectivity index (χ2v) is 5.52. The van der Waals surface area contributed by atoms with Gasteiger partial charge in [-0.15, -0.1) is 0 Å². The van der Waals surface area contributed by atoms with Crippen LogP contribution in [0.3, 0.4) is 0 Å². The Labute approximate surface area is 149 Å². The molecule has 0 aliphatic heterocycles. The number of nitrogens with one attached hydrogen (secondary N) is 2. The van der Waals surface area contributed by atoms with Gasteiger partial charge in [-0.2, -0.15) is 0 Å². The van der Waals surface area contributed by atoms with E-state index in [1.807, 2.05) is 0 Å². The topological polar surface area (TPSA) is 98.7 Å². The van der Waals surface area contributed by atoms with Crippen molar-refractivity contribution in [3.63, 3.8) is 0 Å². The number of para-hydroxylation sites is 4. The highest BCUT2D eigenvalue weighted by atomic mass is 16.3. The fourth-order valence-electron chi connectivity index (χ4n) is 2.32. The molecule has 0 aromatic heterocycles. The monoisotopic (exact) mass is 348 g/mol. The lowest BCUT2D eigenvalue weighted by Crippen LogP contribution is -2.14. The van der Waals surface area contributed by atoms with Crippen LogP contribution in [0.2, 0.25) is 0 Å². The third kappa shape index (κ3) is 3.81. The van der Waals surface area contributed by atoms with Gasteiger partial charge in [0, 0.05) is 11.1 Å². The summed E-state index contributed by atoms with van der Waals surface area (Å²) in [5, 5.41) is 24.6. The Morgan fingerprint density at radius 3 is 1.27 bits per heavy atom. The lowest BCUT2D eigenvalue weighted by molar-refractivity contribution is 0.101. The van der Waals surface area contributed by atoms with Gasteiger partial charge in [-0.3, -0.25) is 9.59 Å². The molecule has 0 bridgehead atoms. The fourth-order valence-corrected chi connectivity index (χ4v) is 2.32. The SMILES string of the molecule is O=C(Nc1ccccc1O)c1ccc(C(=O)Nc2ccccc2O)cc1. The van der Waals surface area contributed by atoms with Crippen molar-refractivity contribution in [3.8, 4) is 11.5 Å². The molecule has 130 valence electrons. The number of benzene rings is 3. The Morgan fingerprint density at radius 1 is 0.577 bits per heavy atom. The third-order valence-electron chi connectivity index (χ3n) is 3.71. The van der Waals surface area contributed by atoms with Gasteiger partial charge in [-0.1, -0.05) is 24.3 Å². The zero-order chi connectivity index (χ0) is 18.5. The molecule has 0 fully saturated rings. The number of phenolic OH excluding ortho intramolecular Hbond substituents is 2. The molecule has 26 heavy (non-hydrogen) atoms. The van der Waals surface area contributed by atoms with Crippen LogP contribution in [0.15, 0.2) is 72.8 Å². The predicted octanol–water partition coefficient (Wildman–Crippen LogP) is 3.60. The molecule has 3 rings (SSSR count). The number of hydrogen-bond acceptors (Lipinski definition) is 4. The van der Waals surface area contributed by atoms with Crippen molar-refractivity contribution in [2.75, 3.05) is 10.6 Å². The van der Waals surface area contributed by atoms with Crippen LogP contribution in [0.1, 0.15) is 20.7 Å². The first-order chi connectivity index (χ1) is 12.5. The Kier molecular flexibility index (Phi) is 4.85. The molecule has 0 heterocycles. The van der Waals surface area contributed by atoms with Gasteiger partial charge in [0.1, 0.15) is 11.5 Å². The van der Waals surface area contributed by atoms with Crippen LogP contribution in [-0.4, -0.2) is 22.0 Å². The van der Waals surface area contributed by atoms with Crippen molar-refractivity contribution in [1.29, 1.82) is 0 Å². The average Bonchev–Trinajstić information content (AvgIpc) is 2.65. The first-order valence-electron chi connectivity index (χ1n) is 7.83. The number of amides is 2. The number of rotatable bonds is 4. The number of carbonyl (C=O) groups is 2. The number of anilines is 2. The van der Waals surface area contributed by atoms with Crippen LogP contribution in [0.5, 0.6) is 11.5 Å². The summed E-state index contributed by atoms with van der Waals surface area (Å²) < 4.78 is 0. The van der Waals surface area contributed by atoms with E-state index in [0.29, 0.717) is 22.5 Å². The van der Waals surface area contributed by atoms with Gasteiger partial charge in [0.2, 0.25) is 0 Å².